The van der Waals surface area contributed by atoms with Gasteiger partial charge in [-0.2, -0.15) is 0 Å². The van der Waals surface area contributed by atoms with Gasteiger partial charge in [-0.3, -0.25) is 4.79 Å². The monoisotopic (exact) mass is 362 g/mol. The maximum Gasteiger partial charge on any atom is 0.253 e. The van der Waals surface area contributed by atoms with Crippen molar-refractivity contribution in [1.29, 1.82) is 0 Å². The molecule has 26 heavy (non-hydrogen) atoms. The van der Waals surface area contributed by atoms with Crippen LogP contribution in [0.1, 0.15) is 34.7 Å². The van der Waals surface area contributed by atoms with Gasteiger partial charge in [0.2, 0.25) is 0 Å². The quantitative estimate of drug-likeness (QED) is 0.581. The van der Waals surface area contributed by atoms with E-state index in [2.05, 4.69) is 27.2 Å². The van der Waals surface area contributed by atoms with E-state index in [1.54, 1.807) is 11.3 Å². The number of carbonyl (C=O) groups is 1. The summed E-state index contributed by atoms with van der Waals surface area (Å²) < 4.78 is 1.12. The number of amides is 1. The molecule has 130 valence electrons. The molecule has 1 aliphatic heterocycles. The highest BCUT2D eigenvalue weighted by atomic mass is 32.1. The lowest BCUT2D eigenvalue weighted by Gasteiger charge is -2.32. The van der Waals surface area contributed by atoms with Crippen LogP contribution in [-0.2, 0) is 0 Å². The molecule has 1 aromatic carbocycles. The molecule has 0 aliphatic carbocycles. The first-order valence-electron chi connectivity index (χ1n) is 8.84. The predicted molar refractivity (Wildman–Crippen MR) is 104 cm³/mol. The van der Waals surface area contributed by atoms with Gasteiger partial charge >= 0.3 is 0 Å². The lowest BCUT2D eigenvalue weighted by molar-refractivity contribution is 0.0713. The minimum Gasteiger partial charge on any atom is -0.346 e. The summed E-state index contributed by atoms with van der Waals surface area (Å²) in [5.41, 5.74) is 5.72. The molecule has 0 spiro atoms. The third kappa shape index (κ3) is 2.57. The summed E-state index contributed by atoms with van der Waals surface area (Å²) in [5.74, 6) is 0.581. The van der Waals surface area contributed by atoms with Crippen molar-refractivity contribution in [3.8, 4) is 0 Å². The summed E-state index contributed by atoms with van der Waals surface area (Å²) in [5, 5.41) is 1.20. The summed E-state index contributed by atoms with van der Waals surface area (Å²) in [7, 11) is 0. The number of aromatic nitrogens is 3. The molecule has 1 fully saturated rings. The number of benzene rings is 1. The predicted octanol–water partition coefficient (Wildman–Crippen LogP) is 4.19. The zero-order valence-electron chi connectivity index (χ0n) is 14.2. The largest absolute Gasteiger partial charge is 0.346 e. The number of pyridine rings is 1. The highest BCUT2D eigenvalue weighted by molar-refractivity contribution is 7.16. The molecule has 0 radical (unpaired) electrons. The van der Waals surface area contributed by atoms with E-state index >= 15 is 0 Å². The summed E-state index contributed by atoms with van der Waals surface area (Å²) in [6.45, 7) is 1.57. The number of fused-ring (bicyclic) bond motifs is 2. The zero-order chi connectivity index (χ0) is 17.5. The molecule has 0 atom stereocenters. The number of hydrogen-bond donors (Lipinski definition) is 1. The molecule has 4 heterocycles. The van der Waals surface area contributed by atoms with Crippen LogP contribution in [0.4, 0.5) is 0 Å². The average Bonchev–Trinajstić information content (AvgIpc) is 3.34. The summed E-state index contributed by atoms with van der Waals surface area (Å²) in [6, 6.07) is 9.92. The number of nitrogens with zero attached hydrogens (tertiary/aromatic N) is 3. The Morgan fingerprint density at radius 2 is 2.08 bits per heavy atom. The number of rotatable bonds is 2. The molecular formula is C20H18N4OS. The van der Waals surface area contributed by atoms with Gasteiger partial charge in [-0.1, -0.05) is 0 Å². The van der Waals surface area contributed by atoms with Gasteiger partial charge in [0.1, 0.15) is 5.65 Å². The van der Waals surface area contributed by atoms with Gasteiger partial charge in [-0.25, -0.2) is 9.97 Å². The standard InChI is InChI=1S/C20H18N4OS/c25-20(14-3-4-18-17(10-14)23-12-26-18)24-8-5-13(6-9-24)16-11-22-19-15(16)2-1-7-21-19/h1-4,7,10-13H,5-6,8-9H2,(H,21,22). The topological polar surface area (TPSA) is 61.9 Å². The van der Waals surface area contributed by atoms with E-state index < -0.39 is 0 Å². The van der Waals surface area contributed by atoms with E-state index in [0.29, 0.717) is 5.92 Å². The van der Waals surface area contributed by atoms with E-state index in [9.17, 15) is 4.79 Å². The summed E-state index contributed by atoms with van der Waals surface area (Å²) >= 11 is 1.60. The number of hydrogen-bond acceptors (Lipinski definition) is 4. The minimum absolute atomic E-state index is 0.110. The molecule has 0 unspecified atom stereocenters. The van der Waals surface area contributed by atoms with Crippen LogP contribution < -0.4 is 0 Å². The highest BCUT2D eigenvalue weighted by Gasteiger charge is 2.26. The fourth-order valence-corrected chi connectivity index (χ4v) is 4.54. The first-order chi connectivity index (χ1) is 12.8. The van der Waals surface area contributed by atoms with Crippen LogP contribution in [0.2, 0.25) is 0 Å². The summed E-state index contributed by atoms with van der Waals surface area (Å²) in [4.78, 5) is 26.8. The molecule has 5 nitrogen and oxygen atoms in total. The lowest BCUT2D eigenvalue weighted by atomic mass is 9.89. The number of piperidine rings is 1. The van der Waals surface area contributed by atoms with Crippen molar-refractivity contribution in [3.63, 3.8) is 0 Å². The van der Waals surface area contributed by atoms with Crippen LogP contribution in [-0.4, -0.2) is 38.8 Å². The maximum atomic E-state index is 12.9. The van der Waals surface area contributed by atoms with Gasteiger partial charge in [0.05, 0.1) is 15.7 Å². The maximum absolute atomic E-state index is 12.9. The second-order valence-electron chi connectivity index (χ2n) is 6.74. The Hall–Kier alpha value is -2.73. The van der Waals surface area contributed by atoms with Crippen LogP contribution in [0.5, 0.6) is 0 Å². The minimum atomic E-state index is 0.110. The Labute approximate surface area is 154 Å². The van der Waals surface area contributed by atoms with Gasteiger partial charge in [0.25, 0.3) is 5.91 Å². The van der Waals surface area contributed by atoms with Crippen LogP contribution >= 0.6 is 11.3 Å². The van der Waals surface area contributed by atoms with E-state index in [4.69, 9.17) is 0 Å². The van der Waals surface area contributed by atoms with Gasteiger partial charge in [-0.15, -0.1) is 11.3 Å². The number of aromatic amines is 1. The number of carbonyl (C=O) groups excluding carboxylic acids is 1. The molecular weight excluding hydrogens is 344 g/mol. The Morgan fingerprint density at radius 3 is 2.96 bits per heavy atom. The number of H-pyrrole nitrogens is 1. The third-order valence-electron chi connectivity index (χ3n) is 5.28. The molecule has 1 amide bonds. The molecule has 4 aromatic rings. The zero-order valence-corrected chi connectivity index (χ0v) is 15.0. The molecule has 1 aliphatic rings. The molecule has 6 heteroatoms. The Bertz CT molecular complexity index is 1090. The highest BCUT2D eigenvalue weighted by Crippen LogP contribution is 2.33. The Balaban J connectivity index is 1.32. The third-order valence-corrected chi connectivity index (χ3v) is 6.09. The van der Waals surface area contributed by atoms with Crippen molar-refractivity contribution in [2.24, 2.45) is 0 Å². The lowest BCUT2D eigenvalue weighted by Crippen LogP contribution is -2.37. The van der Waals surface area contributed by atoms with Crippen LogP contribution in [0.25, 0.3) is 21.3 Å². The van der Waals surface area contributed by atoms with E-state index in [1.165, 1.54) is 10.9 Å². The normalized spacial score (nSPS) is 15.8. The second kappa shape index (κ2) is 6.21. The van der Waals surface area contributed by atoms with Gasteiger partial charge < -0.3 is 9.88 Å². The van der Waals surface area contributed by atoms with Crippen LogP contribution in [0, 0.1) is 0 Å². The number of thiazole rings is 1. The Kier molecular flexibility index (Phi) is 3.71. The summed E-state index contributed by atoms with van der Waals surface area (Å²) in [6.07, 6.45) is 5.85. The molecule has 1 N–H and O–H groups in total. The van der Waals surface area contributed by atoms with E-state index in [-0.39, 0.29) is 5.91 Å². The molecule has 3 aromatic heterocycles. The molecule has 0 bridgehead atoms. The first kappa shape index (κ1) is 15.5. The van der Waals surface area contributed by atoms with Crippen molar-refractivity contribution in [2.45, 2.75) is 18.8 Å². The van der Waals surface area contributed by atoms with Crippen LogP contribution in [0.15, 0.2) is 48.2 Å². The van der Waals surface area contributed by atoms with Crippen LogP contribution in [0.3, 0.4) is 0 Å². The van der Waals surface area contributed by atoms with Gasteiger partial charge in [0.15, 0.2) is 0 Å². The second-order valence-corrected chi connectivity index (χ2v) is 7.63. The SMILES string of the molecule is O=C(c1ccc2scnc2c1)N1CCC(c2c[nH]c3ncccc23)CC1. The van der Waals surface area contributed by atoms with Crippen molar-refractivity contribution in [3.05, 3.63) is 59.4 Å². The van der Waals surface area contributed by atoms with Gasteiger partial charge in [0, 0.05) is 36.4 Å². The fourth-order valence-electron chi connectivity index (χ4n) is 3.88. The fraction of sp³-hybridized carbons (Fsp3) is 0.250. The number of likely N-dealkylation sites (tertiary alicyclic amines) is 1. The van der Waals surface area contributed by atoms with E-state index in [1.807, 2.05) is 40.9 Å². The van der Waals surface area contributed by atoms with Crippen molar-refractivity contribution < 1.29 is 4.79 Å². The smallest absolute Gasteiger partial charge is 0.253 e. The molecule has 5 rings (SSSR count). The molecule has 1 saturated heterocycles. The average molecular weight is 362 g/mol. The number of nitrogens with one attached hydrogen (secondary N) is 1. The first-order valence-corrected chi connectivity index (χ1v) is 9.72. The van der Waals surface area contributed by atoms with Crippen molar-refractivity contribution >= 4 is 38.5 Å². The van der Waals surface area contributed by atoms with Crippen molar-refractivity contribution in [1.82, 2.24) is 19.9 Å². The Morgan fingerprint density at radius 1 is 1.19 bits per heavy atom. The molecule has 0 saturated carbocycles. The van der Waals surface area contributed by atoms with E-state index in [0.717, 1.165) is 47.4 Å². The van der Waals surface area contributed by atoms with Gasteiger partial charge in [-0.05, 0) is 54.7 Å². The van der Waals surface area contributed by atoms with Crippen molar-refractivity contribution in [2.75, 3.05) is 13.1 Å².